The molecule has 0 saturated heterocycles. The van der Waals surface area contributed by atoms with Gasteiger partial charge in [-0.1, -0.05) is 41.4 Å². The third-order valence-corrected chi connectivity index (χ3v) is 3.56. The van der Waals surface area contributed by atoms with Crippen molar-refractivity contribution >= 4 is 47.0 Å². The molecule has 0 bridgehead atoms. The molecule has 0 saturated carbocycles. The molecule has 0 unspecified atom stereocenters. The van der Waals surface area contributed by atoms with Crippen molar-refractivity contribution in [1.29, 1.82) is 0 Å². The summed E-state index contributed by atoms with van der Waals surface area (Å²) in [7, 11) is 0. The highest BCUT2D eigenvalue weighted by molar-refractivity contribution is 6.31. The molecule has 0 spiro atoms. The van der Waals surface area contributed by atoms with E-state index in [-0.39, 0.29) is 0 Å². The zero-order chi connectivity index (χ0) is 16.1. The largest absolute Gasteiger partial charge is 0.324 e. The highest BCUT2D eigenvalue weighted by Crippen LogP contribution is 2.17. The van der Waals surface area contributed by atoms with Gasteiger partial charge >= 0.3 is 0 Å². The highest BCUT2D eigenvalue weighted by atomic mass is 35.5. The van der Waals surface area contributed by atoms with Crippen molar-refractivity contribution < 1.29 is 0 Å². The van der Waals surface area contributed by atoms with Crippen molar-refractivity contribution in [3.05, 3.63) is 82.1 Å². The van der Waals surface area contributed by atoms with Crippen LogP contribution < -0.4 is 5.32 Å². The average Bonchev–Trinajstić information content (AvgIpc) is 2.56. The quantitative estimate of drug-likeness (QED) is 0.661. The van der Waals surface area contributed by atoms with Gasteiger partial charge in [0, 0.05) is 21.9 Å². The van der Waals surface area contributed by atoms with Gasteiger partial charge in [0.15, 0.2) is 0 Å². The van der Waals surface area contributed by atoms with Crippen LogP contribution in [-0.2, 0) is 0 Å². The lowest BCUT2D eigenvalue weighted by atomic mass is 10.2. The second kappa shape index (κ2) is 7.27. The van der Waals surface area contributed by atoms with Crippen molar-refractivity contribution in [3.63, 3.8) is 0 Å². The van der Waals surface area contributed by atoms with Gasteiger partial charge in [-0.05, 0) is 54.1 Å². The zero-order valence-corrected chi connectivity index (χ0v) is 13.6. The summed E-state index contributed by atoms with van der Waals surface area (Å²) < 4.78 is 0. The topological polar surface area (TPSA) is 37.8 Å². The van der Waals surface area contributed by atoms with Crippen LogP contribution in [0.4, 0.5) is 11.6 Å². The molecular formula is C18H13Cl2N3. The molecule has 1 N–H and O–H groups in total. The Bertz CT molecular complexity index is 830. The van der Waals surface area contributed by atoms with Gasteiger partial charge in [0.2, 0.25) is 5.95 Å². The van der Waals surface area contributed by atoms with E-state index in [1.165, 1.54) is 0 Å². The summed E-state index contributed by atoms with van der Waals surface area (Å²) in [4.78, 5) is 8.67. The first-order valence-electron chi connectivity index (χ1n) is 6.98. The highest BCUT2D eigenvalue weighted by Gasteiger charge is 1.99. The van der Waals surface area contributed by atoms with Gasteiger partial charge in [-0.3, -0.25) is 0 Å². The fourth-order valence-corrected chi connectivity index (χ4v) is 2.30. The number of benzene rings is 2. The molecule has 5 heteroatoms. The summed E-state index contributed by atoms with van der Waals surface area (Å²) in [6.45, 7) is 0. The molecule has 1 heterocycles. The van der Waals surface area contributed by atoms with Gasteiger partial charge < -0.3 is 5.32 Å². The van der Waals surface area contributed by atoms with Crippen LogP contribution in [0.1, 0.15) is 11.3 Å². The maximum Gasteiger partial charge on any atom is 0.227 e. The molecule has 1 aromatic heterocycles. The lowest BCUT2D eigenvalue weighted by Gasteiger charge is -2.05. The third-order valence-electron chi connectivity index (χ3n) is 3.07. The number of halogens is 2. The molecule has 3 nitrogen and oxygen atoms in total. The van der Waals surface area contributed by atoms with Crippen LogP contribution in [0.2, 0.25) is 10.0 Å². The molecule has 2 aromatic carbocycles. The number of aromatic nitrogens is 2. The van der Waals surface area contributed by atoms with E-state index >= 15 is 0 Å². The average molecular weight is 342 g/mol. The van der Waals surface area contributed by atoms with Crippen LogP contribution in [0.3, 0.4) is 0 Å². The minimum Gasteiger partial charge on any atom is -0.324 e. The van der Waals surface area contributed by atoms with Crippen molar-refractivity contribution in [2.45, 2.75) is 0 Å². The van der Waals surface area contributed by atoms with Gasteiger partial charge in [0.25, 0.3) is 0 Å². The SMILES string of the molecule is Clc1ccc(Nc2nccc(/C=C/c3cccc(Cl)c3)n2)cc1. The monoisotopic (exact) mass is 341 g/mol. The van der Waals surface area contributed by atoms with E-state index in [0.29, 0.717) is 16.0 Å². The predicted octanol–water partition coefficient (Wildman–Crippen LogP) is 5.70. The Balaban J connectivity index is 1.75. The molecular weight excluding hydrogens is 329 g/mol. The maximum atomic E-state index is 5.97. The summed E-state index contributed by atoms with van der Waals surface area (Å²) >= 11 is 11.8. The van der Waals surface area contributed by atoms with Gasteiger partial charge in [0.1, 0.15) is 0 Å². The van der Waals surface area contributed by atoms with Crippen LogP contribution >= 0.6 is 23.2 Å². The van der Waals surface area contributed by atoms with Crippen LogP contribution in [0.25, 0.3) is 12.2 Å². The van der Waals surface area contributed by atoms with Crippen molar-refractivity contribution in [3.8, 4) is 0 Å². The molecule has 0 radical (unpaired) electrons. The van der Waals surface area contributed by atoms with Crippen molar-refractivity contribution in [1.82, 2.24) is 9.97 Å². The maximum absolute atomic E-state index is 5.97. The Morgan fingerprint density at radius 3 is 2.48 bits per heavy atom. The second-order valence-corrected chi connectivity index (χ2v) is 5.70. The van der Waals surface area contributed by atoms with Gasteiger partial charge in [-0.15, -0.1) is 0 Å². The summed E-state index contributed by atoms with van der Waals surface area (Å²) in [6, 6.07) is 16.9. The Morgan fingerprint density at radius 1 is 0.870 bits per heavy atom. The Morgan fingerprint density at radius 2 is 1.70 bits per heavy atom. The van der Waals surface area contributed by atoms with E-state index in [1.54, 1.807) is 6.20 Å². The molecule has 0 amide bonds. The molecule has 23 heavy (non-hydrogen) atoms. The van der Waals surface area contributed by atoms with E-state index < -0.39 is 0 Å². The van der Waals surface area contributed by atoms with Gasteiger partial charge in [-0.25, -0.2) is 9.97 Å². The Hall–Kier alpha value is -2.36. The minimum atomic E-state index is 0.528. The molecule has 0 aliphatic heterocycles. The smallest absolute Gasteiger partial charge is 0.227 e. The molecule has 0 aliphatic carbocycles. The van der Waals surface area contributed by atoms with Crippen LogP contribution in [0, 0.1) is 0 Å². The van der Waals surface area contributed by atoms with Crippen LogP contribution in [-0.4, -0.2) is 9.97 Å². The van der Waals surface area contributed by atoms with Crippen LogP contribution in [0.15, 0.2) is 60.8 Å². The number of hydrogen-bond acceptors (Lipinski definition) is 3. The third kappa shape index (κ3) is 4.55. The van der Waals surface area contributed by atoms with Gasteiger partial charge in [0.05, 0.1) is 5.69 Å². The molecule has 114 valence electrons. The predicted molar refractivity (Wildman–Crippen MR) is 97.1 cm³/mol. The van der Waals surface area contributed by atoms with E-state index in [4.69, 9.17) is 23.2 Å². The normalized spacial score (nSPS) is 10.9. The molecule has 0 fully saturated rings. The number of nitrogens with one attached hydrogen (secondary N) is 1. The summed E-state index contributed by atoms with van der Waals surface area (Å²) in [5.74, 6) is 0.528. The molecule has 0 aliphatic rings. The number of anilines is 2. The van der Waals surface area contributed by atoms with Crippen molar-refractivity contribution in [2.75, 3.05) is 5.32 Å². The standard InChI is InChI=1S/C18H13Cl2N3/c19-14-5-8-16(9-6-14)22-18-21-11-10-17(23-18)7-4-13-2-1-3-15(20)12-13/h1-12H,(H,21,22,23)/b7-4+. The van der Waals surface area contributed by atoms with E-state index in [2.05, 4.69) is 15.3 Å². The lowest BCUT2D eigenvalue weighted by Crippen LogP contribution is -1.97. The van der Waals surface area contributed by atoms with E-state index in [0.717, 1.165) is 16.9 Å². The Labute approximate surface area is 144 Å². The van der Waals surface area contributed by atoms with Gasteiger partial charge in [-0.2, -0.15) is 0 Å². The molecule has 3 rings (SSSR count). The molecule has 0 atom stereocenters. The number of hydrogen-bond donors (Lipinski definition) is 1. The second-order valence-electron chi connectivity index (χ2n) is 4.83. The summed E-state index contributed by atoms with van der Waals surface area (Å²) in [5.41, 5.74) is 2.70. The first kappa shape index (κ1) is 15.5. The fraction of sp³-hybridized carbons (Fsp3) is 0. The van der Waals surface area contributed by atoms with E-state index in [1.807, 2.05) is 66.7 Å². The van der Waals surface area contributed by atoms with Crippen LogP contribution in [0.5, 0.6) is 0 Å². The minimum absolute atomic E-state index is 0.528. The van der Waals surface area contributed by atoms with Crippen molar-refractivity contribution in [2.24, 2.45) is 0 Å². The number of nitrogens with zero attached hydrogens (tertiary/aromatic N) is 2. The Kier molecular flexibility index (Phi) is 4.91. The molecule has 3 aromatic rings. The summed E-state index contributed by atoms with van der Waals surface area (Å²) in [5, 5.41) is 4.54. The lowest BCUT2D eigenvalue weighted by molar-refractivity contribution is 1.15. The zero-order valence-electron chi connectivity index (χ0n) is 12.1. The fourth-order valence-electron chi connectivity index (χ4n) is 1.98. The van der Waals surface area contributed by atoms with E-state index in [9.17, 15) is 0 Å². The number of rotatable bonds is 4. The summed E-state index contributed by atoms with van der Waals surface area (Å²) in [6.07, 6.45) is 5.59. The first-order valence-corrected chi connectivity index (χ1v) is 7.74. The first-order chi connectivity index (χ1) is 11.2.